The van der Waals surface area contributed by atoms with Gasteiger partial charge in [0.15, 0.2) is 5.03 Å². The van der Waals surface area contributed by atoms with Gasteiger partial charge in [-0.1, -0.05) is 6.42 Å². The molecule has 2 rings (SSSR count). The highest BCUT2D eigenvalue weighted by molar-refractivity contribution is 7.89. The summed E-state index contributed by atoms with van der Waals surface area (Å²) < 4.78 is 25.6. The highest BCUT2D eigenvalue weighted by Crippen LogP contribution is 2.23. The molecule has 0 aromatic carbocycles. The van der Waals surface area contributed by atoms with Crippen molar-refractivity contribution in [3.8, 4) is 0 Å². The molecule has 0 aliphatic carbocycles. The van der Waals surface area contributed by atoms with Crippen LogP contribution in [0, 0.1) is 0 Å². The minimum Gasteiger partial charge on any atom is -0.368 e. The summed E-state index contributed by atoms with van der Waals surface area (Å²) in [6.45, 7) is 0.314. The maximum Gasteiger partial charge on any atom is 0.260 e. The van der Waals surface area contributed by atoms with Crippen LogP contribution in [-0.4, -0.2) is 41.4 Å². The van der Waals surface area contributed by atoms with Gasteiger partial charge in [-0.05, 0) is 18.9 Å². The summed E-state index contributed by atoms with van der Waals surface area (Å²) >= 11 is 0. The molecule has 0 spiro atoms. The van der Waals surface area contributed by atoms with Gasteiger partial charge in [-0.15, -0.1) is 0 Å². The van der Waals surface area contributed by atoms with E-state index in [4.69, 9.17) is 5.73 Å². The van der Waals surface area contributed by atoms with Crippen LogP contribution in [0.15, 0.2) is 17.3 Å². The minimum atomic E-state index is -3.70. The van der Waals surface area contributed by atoms with E-state index in [1.807, 2.05) is 0 Å². The summed E-state index contributed by atoms with van der Waals surface area (Å²) in [5.74, 6) is -0.604. The van der Waals surface area contributed by atoms with E-state index in [0.717, 1.165) is 17.1 Å². The number of nitrogens with two attached hydrogens (primary N) is 1. The second-order valence-electron chi connectivity index (χ2n) is 3.95. The van der Waals surface area contributed by atoms with Crippen molar-refractivity contribution in [3.05, 3.63) is 12.3 Å². The number of aromatic amines is 1. The van der Waals surface area contributed by atoms with Crippen LogP contribution < -0.4 is 5.73 Å². The Morgan fingerprint density at radius 1 is 1.53 bits per heavy atom. The Balaban J connectivity index is 2.34. The third-order valence-electron chi connectivity index (χ3n) is 2.84. The topological polar surface area (TPSA) is 109 Å². The number of nitrogens with one attached hydrogen (secondary N) is 1. The number of rotatable bonds is 3. The molecular formula is C9H14N4O3S. The van der Waals surface area contributed by atoms with Crippen molar-refractivity contribution in [1.82, 2.24) is 14.5 Å². The summed E-state index contributed by atoms with van der Waals surface area (Å²) in [5.41, 5.74) is 5.24. The second-order valence-corrected chi connectivity index (χ2v) is 5.81. The molecule has 94 valence electrons. The lowest BCUT2D eigenvalue weighted by molar-refractivity contribution is -0.122. The standard InChI is InChI=1S/C9H14N4O3S/c10-9(14)7-3-1-2-6-13(7)17(15,16)8-4-5-11-12-8/h4-5,7H,1-3,6H2,(H2,10,14)(H,11,12). The zero-order valence-corrected chi connectivity index (χ0v) is 9.98. The van der Waals surface area contributed by atoms with Crippen molar-refractivity contribution < 1.29 is 13.2 Å². The Morgan fingerprint density at radius 3 is 2.88 bits per heavy atom. The molecular weight excluding hydrogens is 244 g/mol. The number of piperidine rings is 1. The Hall–Kier alpha value is -1.41. The highest BCUT2D eigenvalue weighted by atomic mass is 32.2. The van der Waals surface area contributed by atoms with E-state index in [9.17, 15) is 13.2 Å². The molecule has 0 radical (unpaired) electrons. The number of carbonyl (C=O) groups excluding carboxylic acids is 1. The first kappa shape index (κ1) is 12.1. The third-order valence-corrected chi connectivity index (χ3v) is 4.68. The van der Waals surface area contributed by atoms with E-state index in [-0.39, 0.29) is 5.03 Å². The predicted octanol–water partition coefficient (Wildman–Crippen LogP) is -0.562. The van der Waals surface area contributed by atoms with E-state index in [2.05, 4.69) is 10.2 Å². The molecule has 7 nitrogen and oxygen atoms in total. The molecule has 3 N–H and O–H groups in total. The lowest BCUT2D eigenvalue weighted by Gasteiger charge is -2.31. The molecule has 1 aliphatic heterocycles. The molecule has 0 saturated carbocycles. The molecule has 1 aromatic rings. The summed E-state index contributed by atoms with van der Waals surface area (Å²) in [7, 11) is -3.70. The number of nitrogens with zero attached hydrogens (tertiary/aromatic N) is 2. The van der Waals surface area contributed by atoms with Crippen molar-refractivity contribution in [3.63, 3.8) is 0 Å². The zero-order valence-electron chi connectivity index (χ0n) is 9.17. The number of hydrogen-bond acceptors (Lipinski definition) is 4. The molecule has 1 aromatic heterocycles. The second kappa shape index (κ2) is 4.46. The molecule has 1 fully saturated rings. The number of H-pyrrole nitrogens is 1. The van der Waals surface area contributed by atoms with E-state index >= 15 is 0 Å². The third kappa shape index (κ3) is 2.18. The van der Waals surface area contributed by atoms with Gasteiger partial charge in [0, 0.05) is 6.54 Å². The van der Waals surface area contributed by atoms with E-state index in [1.165, 1.54) is 12.3 Å². The minimum absolute atomic E-state index is 0.00866. The summed E-state index contributed by atoms with van der Waals surface area (Å²) in [6.07, 6.45) is 3.37. The summed E-state index contributed by atoms with van der Waals surface area (Å²) in [5, 5.41) is 6.00. The predicted molar refractivity (Wildman–Crippen MR) is 59.3 cm³/mol. The van der Waals surface area contributed by atoms with Crippen molar-refractivity contribution >= 4 is 15.9 Å². The zero-order chi connectivity index (χ0) is 12.5. The van der Waals surface area contributed by atoms with Gasteiger partial charge in [-0.25, -0.2) is 8.42 Å². The van der Waals surface area contributed by atoms with Crippen LogP contribution in [0.25, 0.3) is 0 Å². The van der Waals surface area contributed by atoms with Crippen LogP contribution in [0.5, 0.6) is 0 Å². The van der Waals surface area contributed by atoms with Gasteiger partial charge in [0.2, 0.25) is 5.91 Å². The smallest absolute Gasteiger partial charge is 0.260 e. The van der Waals surface area contributed by atoms with Crippen molar-refractivity contribution in [2.45, 2.75) is 30.3 Å². The molecule has 1 aliphatic rings. The number of carbonyl (C=O) groups is 1. The quantitative estimate of drug-likeness (QED) is 0.757. The molecule has 1 saturated heterocycles. The van der Waals surface area contributed by atoms with Crippen LogP contribution in [0.2, 0.25) is 0 Å². The van der Waals surface area contributed by atoms with Crippen LogP contribution in [0.4, 0.5) is 0 Å². The fourth-order valence-corrected chi connectivity index (χ4v) is 3.56. The fourth-order valence-electron chi connectivity index (χ4n) is 1.99. The highest BCUT2D eigenvalue weighted by Gasteiger charge is 2.37. The molecule has 2 heterocycles. The van der Waals surface area contributed by atoms with E-state index in [1.54, 1.807) is 0 Å². The first-order chi connectivity index (χ1) is 8.03. The van der Waals surface area contributed by atoms with Crippen LogP contribution in [0.1, 0.15) is 19.3 Å². The number of hydrogen-bond donors (Lipinski definition) is 2. The SMILES string of the molecule is NC(=O)C1CCCCN1S(=O)(=O)c1ccn[nH]1. The fraction of sp³-hybridized carbons (Fsp3) is 0.556. The van der Waals surface area contributed by atoms with Gasteiger partial charge in [-0.3, -0.25) is 9.89 Å². The van der Waals surface area contributed by atoms with Gasteiger partial charge in [0.05, 0.1) is 6.20 Å². The van der Waals surface area contributed by atoms with E-state index < -0.39 is 22.0 Å². The number of sulfonamides is 1. The Kier molecular flexibility index (Phi) is 3.16. The maximum atomic E-state index is 12.2. The first-order valence-corrected chi connectivity index (χ1v) is 6.78. The first-order valence-electron chi connectivity index (χ1n) is 5.34. The number of amides is 1. The van der Waals surface area contributed by atoms with E-state index in [0.29, 0.717) is 13.0 Å². The Labute approximate surface area is 99.0 Å². The Morgan fingerprint density at radius 2 is 2.29 bits per heavy atom. The molecule has 8 heteroatoms. The Bertz CT molecular complexity index is 496. The van der Waals surface area contributed by atoms with Gasteiger partial charge >= 0.3 is 0 Å². The van der Waals surface area contributed by atoms with Gasteiger partial charge in [0.25, 0.3) is 10.0 Å². The van der Waals surface area contributed by atoms with Crippen LogP contribution in [0.3, 0.4) is 0 Å². The average Bonchev–Trinajstić information content (AvgIpc) is 2.83. The molecule has 1 amide bonds. The molecule has 1 atom stereocenters. The van der Waals surface area contributed by atoms with Crippen LogP contribution >= 0.6 is 0 Å². The van der Waals surface area contributed by atoms with Gasteiger partial charge < -0.3 is 5.73 Å². The lowest BCUT2D eigenvalue weighted by atomic mass is 10.0. The summed E-state index contributed by atoms with van der Waals surface area (Å²) in [4.78, 5) is 11.3. The van der Waals surface area contributed by atoms with Crippen molar-refractivity contribution in [2.24, 2.45) is 5.73 Å². The monoisotopic (exact) mass is 258 g/mol. The normalized spacial score (nSPS) is 22.5. The maximum absolute atomic E-state index is 12.2. The average molecular weight is 258 g/mol. The largest absolute Gasteiger partial charge is 0.368 e. The number of aromatic nitrogens is 2. The summed E-state index contributed by atoms with van der Waals surface area (Å²) in [6, 6.07) is 0.610. The van der Waals surface area contributed by atoms with Crippen molar-refractivity contribution in [1.29, 1.82) is 0 Å². The van der Waals surface area contributed by atoms with Crippen molar-refractivity contribution in [2.75, 3.05) is 6.54 Å². The molecule has 1 unspecified atom stereocenters. The van der Waals surface area contributed by atoms with Gasteiger partial charge in [0.1, 0.15) is 6.04 Å². The van der Waals surface area contributed by atoms with Crippen LogP contribution in [-0.2, 0) is 14.8 Å². The molecule has 0 bridgehead atoms. The number of primary amides is 1. The van der Waals surface area contributed by atoms with Gasteiger partial charge in [-0.2, -0.15) is 9.40 Å². The molecule has 17 heavy (non-hydrogen) atoms. The lowest BCUT2D eigenvalue weighted by Crippen LogP contribution is -2.50.